The SMILES string of the molecule is CC(O)C(NC(=O)C(N)Cc1ccc(O)cc1)C(=O)NC(Cc1ccc(O)cc1)C(=O)NC(CC(N)=O)C(=O)O. The van der Waals surface area contributed by atoms with Crippen molar-refractivity contribution in [1.82, 2.24) is 16.0 Å². The monoisotopic (exact) mass is 559 g/mol. The number of carboxylic acid groups (broad SMARTS) is 1. The van der Waals surface area contributed by atoms with E-state index in [-0.39, 0.29) is 24.3 Å². The third-order valence-electron chi connectivity index (χ3n) is 5.82. The molecule has 2 aromatic rings. The molecular weight excluding hydrogens is 526 g/mol. The molecular formula is C26H33N5O9. The number of phenols is 2. The maximum absolute atomic E-state index is 13.1. The zero-order valence-corrected chi connectivity index (χ0v) is 21.6. The number of aromatic hydroxyl groups is 2. The summed E-state index contributed by atoms with van der Waals surface area (Å²) in [6, 6.07) is 5.83. The Morgan fingerprint density at radius 3 is 1.68 bits per heavy atom. The molecule has 0 fully saturated rings. The van der Waals surface area contributed by atoms with Gasteiger partial charge in [0.1, 0.15) is 29.6 Å². The molecule has 2 rings (SSSR count). The molecule has 5 unspecified atom stereocenters. The van der Waals surface area contributed by atoms with Crippen molar-refractivity contribution in [2.24, 2.45) is 11.5 Å². The second kappa shape index (κ2) is 14.5. The summed E-state index contributed by atoms with van der Waals surface area (Å²) < 4.78 is 0. The first kappa shape index (κ1) is 31.5. The van der Waals surface area contributed by atoms with Gasteiger partial charge in [-0.3, -0.25) is 19.2 Å². The lowest BCUT2D eigenvalue weighted by molar-refractivity contribution is -0.143. The lowest BCUT2D eigenvalue weighted by Crippen LogP contribution is -2.60. The van der Waals surface area contributed by atoms with Crippen LogP contribution in [0.1, 0.15) is 24.5 Å². The Bertz CT molecular complexity index is 1200. The fourth-order valence-electron chi connectivity index (χ4n) is 3.66. The highest BCUT2D eigenvalue weighted by Gasteiger charge is 2.33. The normalized spacial score (nSPS) is 14.6. The van der Waals surface area contributed by atoms with Crippen LogP contribution in [-0.2, 0) is 36.8 Å². The highest BCUT2D eigenvalue weighted by atomic mass is 16.4. The summed E-state index contributed by atoms with van der Waals surface area (Å²) in [7, 11) is 0. The summed E-state index contributed by atoms with van der Waals surface area (Å²) >= 11 is 0. The van der Waals surface area contributed by atoms with Crippen molar-refractivity contribution in [3.05, 3.63) is 59.7 Å². The quantitative estimate of drug-likeness (QED) is 0.123. The third kappa shape index (κ3) is 9.89. The van der Waals surface area contributed by atoms with E-state index >= 15 is 0 Å². The molecule has 40 heavy (non-hydrogen) atoms. The van der Waals surface area contributed by atoms with E-state index in [0.717, 1.165) is 0 Å². The van der Waals surface area contributed by atoms with Gasteiger partial charge in [0.15, 0.2) is 0 Å². The van der Waals surface area contributed by atoms with Crippen LogP contribution < -0.4 is 27.4 Å². The lowest BCUT2D eigenvalue weighted by atomic mass is 10.0. The molecule has 0 saturated heterocycles. The van der Waals surface area contributed by atoms with Crippen molar-refractivity contribution >= 4 is 29.6 Å². The minimum absolute atomic E-state index is 0.0304. The first-order valence-electron chi connectivity index (χ1n) is 12.2. The smallest absolute Gasteiger partial charge is 0.326 e. The van der Waals surface area contributed by atoms with Gasteiger partial charge in [0.25, 0.3) is 0 Å². The number of primary amides is 1. The number of benzene rings is 2. The second-order valence-electron chi connectivity index (χ2n) is 9.21. The number of aliphatic hydroxyl groups excluding tert-OH is 1. The molecule has 0 heterocycles. The largest absolute Gasteiger partial charge is 0.508 e. The molecule has 0 aliphatic rings. The minimum Gasteiger partial charge on any atom is -0.508 e. The summed E-state index contributed by atoms with van der Waals surface area (Å²) in [6.07, 6.45) is -2.25. The minimum atomic E-state index is -1.67. The van der Waals surface area contributed by atoms with E-state index in [4.69, 9.17) is 11.5 Å². The Labute approximate surface area is 229 Å². The second-order valence-corrected chi connectivity index (χ2v) is 9.21. The van der Waals surface area contributed by atoms with E-state index in [2.05, 4.69) is 16.0 Å². The fourth-order valence-corrected chi connectivity index (χ4v) is 3.66. The number of carbonyl (C=O) groups excluding carboxylic acids is 4. The number of aliphatic carboxylic acids is 1. The molecule has 0 radical (unpaired) electrons. The molecule has 4 amide bonds. The number of nitrogens with two attached hydrogens (primary N) is 2. The number of hydrogen-bond donors (Lipinski definition) is 9. The average Bonchev–Trinajstić information content (AvgIpc) is 2.88. The maximum atomic E-state index is 13.1. The van der Waals surface area contributed by atoms with Gasteiger partial charge in [-0.1, -0.05) is 24.3 Å². The van der Waals surface area contributed by atoms with Crippen molar-refractivity contribution < 1.29 is 44.4 Å². The van der Waals surface area contributed by atoms with Gasteiger partial charge in [-0.05, 0) is 48.7 Å². The van der Waals surface area contributed by atoms with E-state index in [1.54, 1.807) is 12.1 Å². The van der Waals surface area contributed by atoms with Gasteiger partial charge in [-0.2, -0.15) is 0 Å². The zero-order valence-electron chi connectivity index (χ0n) is 21.6. The summed E-state index contributed by atoms with van der Waals surface area (Å²) in [6.45, 7) is 1.23. The number of aliphatic hydroxyl groups is 1. The van der Waals surface area contributed by atoms with Gasteiger partial charge in [0, 0.05) is 6.42 Å². The predicted molar refractivity (Wildman–Crippen MR) is 141 cm³/mol. The highest BCUT2D eigenvalue weighted by Crippen LogP contribution is 2.13. The predicted octanol–water partition coefficient (Wildman–Crippen LogP) is -1.99. The number of phenolic OH excluding ortho intramolecular Hbond substituents is 2. The third-order valence-corrected chi connectivity index (χ3v) is 5.82. The highest BCUT2D eigenvalue weighted by molar-refractivity contribution is 5.95. The number of nitrogens with one attached hydrogen (secondary N) is 3. The molecule has 0 aliphatic heterocycles. The molecule has 0 bridgehead atoms. The van der Waals surface area contributed by atoms with Crippen molar-refractivity contribution in [2.45, 2.75) is 56.5 Å². The van der Waals surface area contributed by atoms with Gasteiger partial charge >= 0.3 is 5.97 Å². The Morgan fingerprint density at radius 2 is 1.23 bits per heavy atom. The number of hydrogen-bond acceptors (Lipinski definition) is 9. The van der Waals surface area contributed by atoms with E-state index in [9.17, 15) is 44.4 Å². The molecule has 11 N–H and O–H groups in total. The van der Waals surface area contributed by atoms with Crippen molar-refractivity contribution in [3.63, 3.8) is 0 Å². The summed E-state index contributed by atoms with van der Waals surface area (Å²) in [5, 5.41) is 45.4. The van der Waals surface area contributed by atoms with Crippen LogP contribution >= 0.6 is 0 Å². The van der Waals surface area contributed by atoms with Crippen LogP contribution in [0.15, 0.2) is 48.5 Å². The Hall–Kier alpha value is -4.69. The summed E-state index contributed by atoms with van der Waals surface area (Å²) in [5.41, 5.74) is 12.1. The number of amides is 4. The lowest BCUT2D eigenvalue weighted by Gasteiger charge is -2.26. The topological polar surface area (TPSA) is 254 Å². The van der Waals surface area contributed by atoms with Crippen LogP contribution in [0.3, 0.4) is 0 Å². The van der Waals surface area contributed by atoms with Crippen LogP contribution in [-0.4, -0.2) is 80.3 Å². The average molecular weight is 560 g/mol. The number of rotatable bonds is 14. The molecule has 0 spiro atoms. The van der Waals surface area contributed by atoms with E-state index in [0.29, 0.717) is 11.1 Å². The Morgan fingerprint density at radius 1 is 0.750 bits per heavy atom. The molecule has 0 aliphatic carbocycles. The Kier molecular flexibility index (Phi) is 11.4. The molecule has 0 aromatic heterocycles. The van der Waals surface area contributed by atoms with Gasteiger partial charge in [-0.25, -0.2) is 4.79 Å². The molecule has 14 nitrogen and oxygen atoms in total. The summed E-state index contributed by atoms with van der Waals surface area (Å²) in [5.74, 6) is -5.26. The molecule has 2 aromatic carbocycles. The van der Waals surface area contributed by atoms with Gasteiger partial charge in [0.05, 0.1) is 18.6 Å². The maximum Gasteiger partial charge on any atom is 0.326 e. The van der Waals surface area contributed by atoms with Crippen molar-refractivity contribution in [2.75, 3.05) is 0 Å². The van der Waals surface area contributed by atoms with Gasteiger partial charge in [-0.15, -0.1) is 0 Å². The molecule has 0 saturated carbocycles. The first-order valence-corrected chi connectivity index (χ1v) is 12.2. The van der Waals surface area contributed by atoms with E-state index in [1.165, 1.54) is 43.3 Å². The molecule has 14 heteroatoms. The number of carboxylic acids is 1. The van der Waals surface area contributed by atoms with E-state index < -0.39 is 66.3 Å². The van der Waals surface area contributed by atoms with E-state index in [1.807, 2.05) is 0 Å². The van der Waals surface area contributed by atoms with Crippen LogP contribution in [0, 0.1) is 0 Å². The van der Waals surface area contributed by atoms with Gasteiger partial charge in [0.2, 0.25) is 23.6 Å². The van der Waals surface area contributed by atoms with Crippen LogP contribution in [0.25, 0.3) is 0 Å². The first-order chi connectivity index (χ1) is 18.8. The van der Waals surface area contributed by atoms with Crippen LogP contribution in [0.5, 0.6) is 11.5 Å². The molecule has 216 valence electrons. The van der Waals surface area contributed by atoms with Crippen molar-refractivity contribution in [1.29, 1.82) is 0 Å². The van der Waals surface area contributed by atoms with Crippen LogP contribution in [0.2, 0.25) is 0 Å². The fraction of sp³-hybridized carbons (Fsp3) is 0.346. The molecule has 5 atom stereocenters. The van der Waals surface area contributed by atoms with Crippen molar-refractivity contribution in [3.8, 4) is 11.5 Å². The summed E-state index contributed by atoms with van der Waals surface area (Å²) in [4.78, 5) is 61.6. The standard InChI is InChI=1S/C26H33N5O9/c1-13(32)22(31-23(36)18(27)10-14-2-6-16(33)7-3-14)25(38)29-19(11-15-4-8-17(34)9-5-15)24(37)30-20(26(39)40)12-21(28)35/h2-9,13,18-20,22,32-34H,10-12,27H2,1H3,(H2,28,35)(H,29,38)(H,30,37)(H,31,36)(H,39,40). The number of carbonyl (C=O) groups is 5. The van der Waals surface area contributed by atoms with Crippen LogP contribution in [0.4, 0.5) is 0 Å². The van der Waals surface area contributed by atoms with Gasteiger partial charge < -0.3 is 47.8 Å². The Balaban J connectivity index is 2.20. The zero-order chi connectivity index (χ0) is 30.0.